The third-order valence-corrected chi connectivity index (χ3v) is 3.01. The first kappa shape index (κ1) is 14.6. The molecule has 1 heterocycles. The summed E-state index contributed by atoms with van der Waals surface area (Å²) in [5, 5.41) is 7.40. The predicted octanol–water partition coefficient (Wildman–Crippen LogP) is 4.43. The van der Waals surface area contributed by atoms with Gasteiger partial charge in [0.05, 0.1) is 10.7 Å². The minimum absolute atomic E-state index is 0.536. The van der Waals surface area contributed by atoms with Crippen molar-refractivity contribution in [2.75, 3.05) is 17.2 Å². The number of benzene rings is 1. The summed E-state index contributed by atoms with van der Waals surface area (Å²) in [6.07, 6.45) is 1.76. The van der Waals surface area contributed by atoms with Crippen molar-refractivity contribution in [2.45, 2.75) is 6.92 Å². The monoisotopic (exact) mass is 308 g/mol. The maximum Gasteiger partial charge on any atom is 0.136 e. The van der Waals surface area contributed by atoms with Gasteiger partial charge in [-0.05, 0) is 25.1 Å². The second-order valence-electron chi connectivity index (χ2n) is 4.10. The van der Waals surface area contributed by atoms with E-state index < -0.39 is 0 Å². The van der Waals surface area contributed by atoms with Crippen molar-refractivity contribution in [1.82, 2.24) is 9.97 Å². The van der Waals surface area contributed by atoms with Gasteiger partial charge >= 0.3 is 0 Å². The van der Waals surface area contributed by atoms with Gasteiger partial charge in [-0.2, -0.15) is 0 Å². The van der Waals surface area contributed by atoms with Crippen molar-refractivity contribution < 1.29 is 0 Å². The minimum Gasteiger partial charge on any atom is -0.366 e. The van der Waals surface area contributed by atoms with Crippen LogP contribution in [0.1, 0.15) is 5.82 Å². The second-order valence-corrected chi connectivity index (χ2v) is 4.95. The number of halogens is 2. The lowest BCUT2D eigenvalue weighted by Crippen LogP contribution is -2.04. The van der Waals surface area contributed by atoms with Gasteiger partial charge in [-0.3, -0.25) is 0 Å². The fourth-order valence-corrected chi connectivity index (χ4v) is 2.08. The zero-order valence-electron chi connectivity index (χ0n) is 11.0. The van der Waals surface area contributed by atoms with E-state index in [1.165, 1.54) is 0 Å². The molecule has 0 fully saturated rings. The average molecular weight is 309 g/mol. The smallest absolute Gasteiger partial charge is 0.136 e. The Morgan fingerprint density at radius 2 is 1.95 bits per heavy atom. The molecule has 2 N–H and O–H groups in total. The minimum atomic E-state index is 0.536. The van der Waals surface area contributed by atoms with Crippen LogP contribution in [0, 0.1) is 6.92 Å². The predicted molar refractivity (Wildman–Crippen MR) is 85.2 cm³/mol. The molecule has 1 aromatic heterocycles. The number of aromatic nitrogens is 2. The summed E-state index contributed by atoms with van der Waals surface area (Å²) in [6.45, 7) is 6.12. The third-order valence-electron chi connectivity index (χ3n) is 2.46. The first-order valence-electron chi connectivity index (χ1n) is 6.01. The summed E-state index contributed by atoms with van der Waals surface area (Å²) < 4.78 is 0. The SMILES string of the molecule is C=CCNc1cc(Nc2ccc(Cl)cc2Cl)nc(C)n1. The number of nitrogens with zero attached hydrogens (tertiary/aromatic N) is 2. The Morgan fingerprint density at radius 1 is 1.20 bits per heavy atom. The van der Waals surface area contributed by atoms with Crippen LogP contribution in [0.3, 0.4) is 0 Å². The molecule has 0 radical (unpaired) electrons. The first-order valence-corrected chi connectivity index (χ1v) is 6.76. The highest BCUT2D eigenvalue weighted by Gasteiger charge is 2.05. The van der Waals surface area contributed by atoms with E-state index >= 15 is 0 Å². The van der Waals surface area contributed by atoms with E-state index in [9.17, 15) is 0 Å². The number of aryl methyl sites for hydroxylation is 1. The Balaban J connectivity index is 2.23. The van der Waals surface area contributed by atoms with Crippen LogP contribution < -0.4 is 10.6 Å². The van der Waals surface area contributed by atoms with Gasteiger partial charge < -0.3 is 10.6 Å². The van der Waals surface area contributed by atoms with E-state index in [1.54, 1.807) is 30.3 Å². The Kier molecular flexibility index (Phi) is 4.82. The van der Waals surface area contributed by atoms with Crippen LogP contribution in [0.15, 0.2) is 36.9 Å². The molecule has 20 heavy (non-hydrogen) atoms. The largest absolute Gasteiger partial charge is 0.366 e. The van der Waals surface area contributed by atoms with Gasteiger partial charge in [0.25, 0.3) is 0 Å². The first-order chi connectivity index (χ1) is 9.58. The fraction of sp³-hybridized carbons (Fsp3) is 0.143. The van der Waals surface area contributed by atoms with Crippen molar-refractivity contribution >= 4 is 40.5 Å². The molecule has 0 aliphatic carbocycles. The van der Waals surface area contributed by atoms with E-state index in [0.29, 0.717) is 28.2 Å². The van der Waals surface area contributed by atoms with Crippen LogP contribution in [0.2, 0.25) is 10.0 Å². The molecule has 1 aromatic carbocycles. The quantitative estimate of drug-likeness (QED) is 0.802. The lowest BCUT2D eigenvalue weighted by Gasteiger charge is -2.10. The summed E-state index contributed by atoms with van der Waals surface area (Å²) in [6, 6.07) is 7.05. The lowest BCUT2D eigenvalue weighted by molar-refractivity contribution is 1.05. The van der Waals surface area contributed by atoms with Gasteiger partial charge in [0, 0.05) is 17.6 Å². The molecule has 6 heteroatoms. The van der Waals surface area contributed by atoms with Gasteiger partial charge in [0.2, 0.25) is 0 Å². The summed E-state index contributed by atoms with van der Waals surface area (Å²) in [5.74, 6) is 2.05. The molecule has 0 atom stereocenters. The zero-order valence-corrected chi connectivity index (χ0v) is 12.5. The van der Waals surface area contributed by atoms with Crippen LogP contribution in [0.5, 0.6) is 0 Å². The van der Waals surface area contributed by atoms with Gasteiger partial charge in [-0.1, -0.05) is 29.3 Å². The van der Waals surface area contributed by atoms with E-state index in [4.69, 9.17) is 23.2 Å². The number of anilines is 3. The van der Waals surface area contributed by atoms with E-state index in [-0.39, 0.29) is 0 Å². The highest BCUT2D eigenvalue weighted by atomic mass is 35.5. The van der Waals surface area contributed by atoms with E-state index in [0.717, 1.165) is 11.5 Å². The second kappa shape index (κ2) is 6.59. The summed E-state index contributed by atoms with van der Waals surface area (Å²) in [7, 11) is 0. The summed E-state index contributed by atoms with van der Waals surface area (Å²) >= 11 is 12.0. The molecule has 0 unspecified atom stereocenters. The molecular weight excluding hydrogens is 295 g/mol. The van der Waals surface area contributed by atoms with Crippen LogP contribution in [0.4, 0.5) is 17.3 Å². The molecule has 0 bridgehead atoms. The Morgan fingerprint density at radius 3 is 2.65 bits per heavy atom. The van der Waals surface area contributed by atoms with E-state index in [2.05, 4.69) is 27.2 Å². The molecule has 2 rings (SSSR count). The molecule has 4 nitrogen and oxygen atoms in total. The van der Waals surface area contributed by atoms with Crippen LogP contribution in [-0.4, -0.2) is 16.5 Å². The summed E-state index contributed by atoms with van der Waals surface area (Å²) in [5.41, 5.74) is 0.740. The molecule has 2 aromatic rings. The van der Waals surface area contributed by atoms with Crippen LogP contribution in [-0.2, 0) is 0 Å². The van der Waals surface area contributed by atoms with Crippen molar-refractivity contribution in [3.8, 4) is 0 Å². The van der Waals surface area contributed by atoms with Gasteiger partial charge in [-0.15, -0.1) is 6.58 Å². The standard InChI is InChI=1S/C14H14Cl2N4/c1-3-6-17-13-8-14(19-9(2)18-13)20-12-5-4-10(15)7-11(12)16/h3-5,7-8H,1,6H2,2H3,(H2,17,18,19,20). The molecule has 0 spiro atoms. The summed E-state index contributed by atoms with van der Waals surface area (Å²) in [4.78, 5) is 8.61. The zero-order chi connectivity index (χ0) is 14.5. The molecule has 0 amide bonds. The van der Waals surface area contributed by atoms with Crippen molar-refractivity contribution in [3.63, 3.8) is 0 Å². The van der Waals surface area contributed by atoms with Crippen LogP contribution >= 0.6 is 23.2 Å². The molecule has 0 saturated heterocycles. The Labute approximate surface area is 127 Å². The molecule has 104 valence electrons. The maximum atomic E-state index is 6.12. The fourth-order valence-electron chi connectivity index (χ4n) is 1.63. The molecule has 0 aliphatic heterocycles. The number of nitrogens with one attached hydrogen (secondary N) is 2. The third kappa shape index (κ3) is 3.85. The molecular formula is C14H14Cl2N4. The maximum absolute atomic E-state index is 6.12. The van der Waals surface area contributed by atoms with Gasteiger partial charge in [0.15, 0.2) is 0 Å². The van der Waals surface area contributed by atoms with Gasteiger partial charge in [-0.25, -0.2) is 9.97 Å². The number of rotatable bonds is 5. The van der Waals surface area contributed by atoms with Crippen molar-refractivity contribution in [1.29, 1.82) is 0 Å². The van der Waals surface area contributed by atoms with Crippen LogP contribution in [0.25, 0.3) is 0 Å². The Bertz CT molecular complexity index is 629. The molecule has 0 saturated carbocycles. The Hall–Kier alpha value is -1.78. The topological polar surface area (TPSA) is 49.8 Å². The van der Waals surface area contributed by atoms with E-state index in [1.807, 2.05) is 6.92 Å². The molecule has 0 aliphatic rings. The average Bonchev–Trinajstić information content (AvgIpc) is 2.39. The van der Waals surface area contributed by atoms with Gasteiger partial charge in [0.1, 0.15) is 17.5 Å². The number of hydrogen-bond donors (Lipinski definition) is 2. The highest BCUT2D eigenvalue weighted by Crippen LogP contribution is 2.28. The lowest BCUT2D eigenvalue weighted by atomic mass is 10.3. The highest BCUT2D eigenvalue weighted by molar-refractivity contribution is 6.36. The van der Waals surface area contributed by atoms with Crippen molar-refractivity contribution in [3.05, 3.63) is 52.8 Å². The van der Waals surface area contributed by atoms with Crippen molar-refractivity contribution in [2.24, 2.45) is 0 Å². The normalized spacial score (nSPS) is 10.2. The number of hydrogen-bond acceptors (Lipinski definition) is 4.